The van der Waals surface area contributed by atoms with Crippen molar-refractivity contribution in [3.05, 3.63) is 34.9 Å². The summed E-state index contributed by atoms with van der Waals surface area (Å²) in [5.74, 6) is -1.06. The number of rotatable bonds is 3. The lowest BCUT2D eigenvalue weighted by Gasteiger charge is -2.13. The van der Waals surface area contributed by atoms with Crippen molar-refractivity contribution >= 4 is 11.7 Å². The van der Waals surface area contributed by atoms with Crippen LogP contribution in [0.1, 0.15) is 23.6 Å². The van der Waals surface area contributed by atoms with Crippen LogP contribution in [0, 0.1) is 12.3 Å². The van der Waals surface area contributed by atoms with Gasteiger partial charge in [-0.1, -0.05) is 11.6 Å². The van der Waals surface area contributed by atoms with Gasteiger partial charge in [-0.3, -0.25) is 5.41 Å². The first-order chi connectivity index (χ1) is 8.27. The topological polar surface area (TPSA) is 50.2 Å². The van der Waals surface area contributed by atoms with E-state index >= 15 is 0 Å². The van der Waals surface area contributed by atoms with Crippen molar-refractivity contribution in [3.63, 3.8) is 0 Å². The number of hydrogen-bond acceptors (Lipinski definition) is 3. The first-order valence-corrected chi connectivity index (χ1v) is 5.21. The first kappa shape index (κ1) is 14.2. The quantitative estimate of drug-likeness (QED) is 0.670. The molecule has 0 fully saturated rings. The van der Waals surface area contributed by atoms with Gasteiger partial charge >= 0.3 is 12.1 Å². The summed E-state index contributed by atoms with van der Waals surface area (Å²) in [7, 11) is 0. The lowest BCUT2D eigenvalue weighted by Crippen LogP contribution is -2.22. The largest absolute Gasteiger partial charge is 0.461 e. The van der Waals surface area contributed by atoms with Gasteiger partial charge in [0.1, 0.15) is 5.71 Å². The molecule has 0 amide bonds. The summed E-state index contributed by atoms with van der Waals surface area (Å²) in [6.07, 6.45) is -4.61. The molecule has 1 aromatic carbocycles. The third-order valence-electron chi connectivity index (χ3n) is 2.23. The number of hydrogen-bond donors (Lipinski definition) is 1. The fourth-order valence-corrected chi connectivity index (χ4v) is 1.43. The Bertz CT molecular complexity index is 481. The Morgan fingerprint density at radius 3 is 2.50 bits per heavy atom. The molecule has 0 unspecified atom stereocenters. The highest BCUT2D eigenvalue weighted by Crippen LogP contribution is 2.32. The number of ether oxygens (including phenoxy) is 1. The molecule has 6 heteroatoms. The van der Waals surface area contributed by atoms with Gasteiger partial charge in [-0.15, -0.1) is 0 Å². The Balaban J connectivity index is 3.26. The van der Waals surface area contributed by atoms with Gasteiger partial charge in [-0.2, -0.15) is 13.2 Å². The van der Waals surface area contributed by atoms with Crippen molar-refractivity contribution in [1.82, 2.24) is 0 Å². The van der Waals surface area contributed by atoms with Crippen molar-refractivity contribution in [3.8, 4) is 0 Å². The van der Waals surface area contributed by atoms with Crippen LogP contribution >= 0.6 is 0 Å². The lowest BCUT2D eigenvalue weighted by molar-refractivity contribution is -0.137. The minimum Gasteiger partial charge on any atom is -0.461 e. The Kier molecular flexibility index (Phi) is 4.11. The van der Waals surface area contributed by atoms with Crippen molar-refractivity contribution in [1.29, 1.82) is 5.41 Å². The third-order valence-corrected chi connectivity index (χ3v) is 2.23. The summed E-state index contributed by atoms with van der Waals surface area (Å²) < 4.78 is 42.8. The van der Waals surface area contributed by atoms with Crippen LogP contribution in [0.5, 0.6) is 0 Å². The molecule has 18 heavy (non-hydrogen) atoms. The summed E-state index contributed by atoms with van der Waals surface area (Å²) in [5, 5.41) is 7.48. The van der Waals surface area contributed by atoms with Crippen LogP contribution in [-0.2, 0) is 15.7 Å². The fourth-order valence-electron chi connectivity index (χ4n) is 1.43. The highest BCUT2D eigenvalue weighted by molar-refractivity contribution is 6.42. The Morgan fingerprint density at radius 1 is 1.39 bits per heavy atom. The van der Waals surface area contributed by atoms with Crippen LogP contribution in [-0.4, -0.2) is 18.3 Å². The second-order valence-corrected chi connectivity index (χ2v) is 3.64. The Morgan fingerprint density at radius 2 is 2.00 bits per heavy atom. The normalized spacial score (nSPS) is 11.2. The second kappa shape index (κ2) is 5.20. The minimum absolute atomic E-state index is 0.00831. The van der Waals surface area contributed by atoms with E-state index in [9.17, 15) is 18.0 Å². The van der Waals surface area contributed by atoms with E-state index in [1.54, 1.807) is 6.92 Å². The van der Waals surface area contributed by atoms with E-state index < -0.39 is 29.0 Å². The number of aryl methyl sites for hydroxylation is 1. The molecule has 0 aliphatic heterocycles. The van der Waals surface area contributed by atoms with E-state index in [2.05, 4.69) is 4.74 Å². The van der Waals surface area contributed by atoms with Gasteiger partial charge in [0.05, 0.1) is 12.2 Å². The fraction of sp³-hybridized carbons (Fsp3) is 0.333. The standard InChI is InChI=1S/C12H12F3NO2/c1-3-18-11(17)10(16)8-6-7(2)4-5-9(8)12(13,14)15/h4-6,16H,3H2,1-2H3. The van der Waals surface area contributed by atoms with Crippen molar-refractivity contribution in [2.75, 3.05) is 6.61 Å². The van der Waals surface area contributed by atoms with Gasteiger partial charge in [-0.05, 0) is 26.0 Å². The molecule has 1 rings (SSSR count). The van der Waals surface area contributed by atoms with Crippen LogP contribution in [0.15, 0.2) is 18.2 Å². The molecule has 0 atom stereocenters. The van der Waals surface area contributed by atoms with E-state index in [4.69, 9.17) is 5.41 Å². The van der Waals surface area contributed by atoms with Crippen LogP contribution in [0.2, 0.25) is 0 Å². The monoisotopic (exact) mass is 259 g/mol. The molecule has 0 bridgehead atoms. The summed E-state index contributed by atoms with van der Waals surface area (Å²) in [4.78, 5) is 11.3. The minimum atomic E-state index is -4.61. The van der Waals surface area contributed by atoms with Crippen molar-refractivity contribution < 1.29 is 22.7 Å². The Labute approximate surface area is 102 Å². The number of alkyl halides is 3. The number of benzene rings is 1. The molecule has 0 saturated carbocycles. The van der Waals surface area contributed by atoms with Gasteiger partial charge in [0.15, 0.2) is 0 Å². The summed E-state index contributed by atoms with van der Waals surface area (Å²) in [5.41, 5.74) is -1.72. The second-order valence-electron chi connectivity index (χ2n) is 3.64. The average Bonchev–Trinajstić information content (AvgIpc) is 2.26. The SMILES string of the molecule is CCOC(=O)C(=N)c1cc(C)ccc1C(F)(F)F. The molecule has 0 aliphatic carbocycles. The van der Waals surface area contributed by atoms with Gasteiger partial charge in [0, 0.05) is 5.56 Å². The maximum atomic E-state index is 12.7. The summed E-state index contributed by atoms with van der Waals surface area (Å²) in [6.45, 7) is 3.11. The van der Waals surface area contributed by atoms with Gasteiger partial charge in [0.25, 0.3) is 0 Å². The molecular weight excluding hydrogens is 247 g/mol. The maximum absolute atomic E-state index is 12.7. The third kappa shape index (κ3) is 3.09. The van der Waals surface area contributed by atoms with Gasteiger partial charge in [0.2, 0.25) is 0 Å². The number of halogens is 3. The van der Waals surface area contributed by atoms with Crippen LogP contribution in [0.25, 0.3) is 0 Å². The molecule has 0 saturated heterocycles. The van der Waals surface area contributed by atoms with Crippen molar-refractivity contribution in [2.24, 2.45) is 0 Å². The molecule has 0 aliphatic rings. The van der Waals surface area contributed by atoms with Crippen LogP contribution < -0.4 is 0 Å². The van der Waals surface area contributed by atoms with E-state index in [1.807, 2.05) is 0 Å². The number of nitrogens with one attached hydrogen (secondary N) is 1. The average molecular weight is 259 g/mol. The summed E-state index contributed by atoms with van der Waals surface area (Å²) in [6, 6.07) is 3.30. The smallest absolute Gasteiger partial charge is 0.417 e. The lowest BCUT2D eigenvalue weighted by atomic mass is 10.00. The molecule has 1 N–H and O–H groups in total. The Hall–Kier alpha value is -1.85. The van der Waals surface area contributed by atoms with Gasteiger partial charge < -0.3 is 4.74 Å². The highest BCUT2D eigenvalue weighted by atomic mass is 19.4. The number of carbonyl (C=O) groups excluding carboxylic acids is 1. The van der Waals surface area contributed by atoms with Gasteiger partial charge in [-0.25, -0.2) is 4.79 Å². The van der Waals surface area contributed by atoms with Crippen molar-refractivity contribution in [2.45, 2.75) is 20.0 Å². The number of carbonyl (C=O) groups is 1. The predicted octanol–water partition coefficient (Wildman–Crippen LogP) is 2.94. The highest BCUT2D eigenvalue weighted by Gasteiger charge is 2.35. The van der Waals surface area contributed by atoms with E-state index in [0.717, 1.165) is 12.1 Å². The molecule has 0 heterocycles. The molecule has 0 radical (unpaired) electrons. The molecule has 1 aromatic rings. The van der Waals surface area contributed by atoms with E-state index in [-0.39, 0.29) is 6.61 Å². The zero-order valence-electron chi connectivity index (χ0n) is 9.89. The molecule has 3 nitrogen and oxygen atoms in total. The predicted molar refractivity (Wildman–Crippen MR) is 59.6 cm³/mol. The summed E-state index contributed by atoms with van der Waals surface area (Å²) >= 11 is 0. The zero-order chi connectivity index (χ0) is 13.9. The van der Waals surface area contributed by atoms with E-state index in [0.29, 0.717) is 5.56 Å². The van der Waals surface area contributed by atoms with Crippen LogP contribution in [0.4, 0.5) is 13.2 Å². The molecular formula is C12H12F3NO2. The molecule has 98 valence electrons. The molecule has 0 spiro atoms. The zero-order valence-corrected chi connectivity index (χ0v) is 9.89. The number of esters is 1. The first-order valence-electron chi connectivity index (χ1n) is 5.21. The maximum Gasteiger partial charge on any atom is 0.417 e. The van der Waals surface area contributed by atoms with Crippen LogP contribution in [0.3, 0.4) is 0 Å². The van der Waals surface area contributed by atoms with E-state index in [1.165, 1.54) is 13.0 Å². The molecule has 0 aromatic heterocycles.